The molecule has 1 aliphatic rings. The maximum absolute atomic E-state index is 14.2. The second kappa shape index (κ2) is 11.5. The summed E-state index contributed by atoms with van der Waals surface area (Å²) < 4.78 is 68.4. The minimum Gasteiger partial charge on any atom is -0.305 e. The molecule has 2 heterocycles. The summed E-state index contributed by atoms with van der Waals surface area (Å²) in [6.07, 6.45) is -4.25. The van der Waals surface area contributed by atoms with E-state index >= 15 is 0 Å². The van der Waals surface area contributed by atoms with Crippen molar-refractivity contribution < 1.29 is 21.6 Å². The van der Waals surface area contributed by atoms with Gasteiger partial charge < -0.3 is 10.3 Å². The van der Waals surface area contributed by atoms with Crippen molar-refractivity contribution >= 4 is 43.9 Å². The summed E-state index contributed by atoms with van der Waals surface area (Å²) >= 11 is 12.5. The Bertz CT molecular complexity index is 1730. The number of nitrogens with one attached hydrogen (secondary N) is 2. The van der Waals surface area contributed by atoms with E-state index in [0.717, 1.165) is 0 Å². The molecule has 214 valence electrons. The Hall–Kier alpha value is -2.89. The van der Waals surface area contributed by atoms with Gasteiger partial charge in [0.1, 0.15) is 0 Å². The van der Waals surface area contributed by atoms with Gasteiger partial charge in [-0.25, -0.2) is 13.2 Å². The highest BCUT2D eigenvalue weighted by molar-refractivity contribution is 7.91. The van der Waals surface area contributed by atoms with E-state index in [1.54, 1.807) is 4.90 Å². The number of hydrogen-bond acceptors (Lipinski definition) is 7. The zero-order chi connectivity index (χ0) is 29.4. The molecule has 1 aliphatic heterocycles. The zero-order valence-electron chi connectivity index (χ0n) is 21.1. The number of nitrogens with zero attached hydrogens (tertiary/aromatic N) is 3. The van der Waals surface area contributed by atoms with Crippen LogP contribution in [-0.2, 0) is 29.1 Å². The number of sulfone groups is 1. The van der Waals surface area contributed by atoms with Crippen LogP contribution in [0.2, 0.25) is 10.0 Å². The van der Waals surface area contributed by atoms with Crippen molar-refractivity contribution in [1.29, 1.82) is 5.26 Å². The van der Waals surface area contributed by atoms with Crippen LogP contribution in [0.25, 0.3) is 10.9 Å². The van der Waals surface area contributed by atoms with Crippen molar-refractivity contribution in [2.75, 3.05) is 25.4 Å². The fraction of sp³-hybridized carbons (Fsp3) is 0.400. The molecule has 2 N–H and O–H groups in total. The van der Waals surface area contributed by atoms with Gasteiger partial charge in [-0.15, -0.1) is 0 Å². The molecule has 9 nitrogen and oxygen atoms in total. The maximum atomic E-state index is 14.2. The second-order valence-corrected chi connectivity index (χ2v) is 12.4. The molecule has 0 amide bonds. The van der Waals surface area contributed by atoms with Crippen molar-refractivity contribution in [3.8, 4) is 6.07 Å². The van der Waals surface area contributed by atoms with Crippen LogP contribution in [0.15, 0.2) is 38.8 Å². The van der Waals surface area contributed by atoms with Gasteiger partial charge in [-0.05, 0) is 41.8 Å². The number of halogens is 5. The number of aromatic nitrogens is 2. The van der Waals surface area contributed by atoms with Crippen molar-refractivity contribution in [1.82, 2.24) is 19.8 Å². The molecule has 1 saturated heterocycles. The topological polar surface area (TPSA) is 128 Å². The minimum atomic E-state index is -4.87. The third-order valence-corrected chi connectivity index (χ3v) is 9.30. The third kappa shape index (κ3) is 6.06. The summed E-state index contributed by atoms with van der Waals surface area (Å²) in [4.78, 5) is 30.4. The molecule has 2 aromatic carbocycles. The van der Waals surface area contributed by atoms with Gasteiger partial charge in [0.25, 0.3) is 5.56 Å². The zero-order valence-corrected chi connectivity index (χ0v) is 23.4. The van der Waals surface area contributed by atoms with Gasteiger partial charge in [0.05, 0.1) is 51.3 Å². The maximum Gasteiger partial charge on any atom is 0.416 e. The molecule has 1 fully saturated rings. The Balaban J connectivity index is 1.83. The molecule has 0 radical (unpaired) electrons. The number of aromatic amines is 1. The van der Waals surface area contributed by atoms with Gasteiger partial charge in [-0.3, -0.25) is 14.3 Å². The SMILES string of the molecule is CCS(=O)(=O)c1ccc(Cl)cc1Cn1c(=O)[nH]c2c(Cl)c(CN3CCC(NCC#N)C3)c(C(F)(F)F)cc2c1=O. The lowest BCUT2D eigenvalue weighted by Gasteiger charge is -2.22. The predicted molar refractivity (Wildman–Crippen MR) is 144 cm³/mol. The third-order valence-electron chi connectivity index (χ3n) is 6.82. The molecule has 15 heteroatoms. The quantitative estimate of drug-likeness (QED) is 0.370. The number of rotatable bonds is 8. The Morgan fingerprint density at radius 3 is 2.58 bits per heavy atom. The lowest BCUT2D eigenvalue weighted by molar-refractivity contribution is -0.138. The van der Waals surface area contributed by atoms with E-state index in [1.807, 2.05) is 6.07 Å². The van der Waals surface area contributed by atoms with Crippen molar-refractivity contribution in [3.05, 3.63) is 71.8 Å². The summed E-state index contributed by atoms with van der Waals surface area (Å²) in [7, 11) is -3.77. The normalized spacial score (nSPS) is 16.5. The molecule has 1 atom stereocenters. The average molecular weight is 618 g/mol. The molecular formula is C25H24Cl2F3N5O4S. The van der Waals surface area contributed by atoms with E-state index in [9.17, 15) is 31.2 Å². The number of fused-ring (bicyclic) bond motifs is 1. The van der Waals surface area contributed by atoms with E-state index in [-0.39, 0.29) is 51.4 Å². The number of alkyl halides is 3. The van der Waals surface area contributed by atoms with Gasteiger partial charge in [0.2, 0.25) is 0 Å². The first-order valence-corrected chi connectivity index (χ1v) is 14.6. The summed E-state index contributed by atoms with van der Waals surface area (Å²) in [5, 5.41) is 11.0. The van der Waals surface area contributed by atoms with Gasteiger partial charge in [-0.1, -0.05) is 30.1 Å². The molecular weight excluding hydrogens is 594 g/mol. The van der Waals surface area contributed by atoms with Crippen molar-refractivity contribution in [2.24, 2.45) is 0 Å². The number of hydrogen-bond donors (Lipinski definition) is 2. The minimum absolute atomic E-state index is 0.0358. The number of likely N-dealkylation sites (tertiary alicyclic amines) is 1. The van der Waals surface area contributed by atoms with Crippen molar-refractivity contribution in [3.63, 3.8) is 0 Å². The molecule has 0 spiro atoms. The van der Waals surface area contributed by atoms with E-state index in [4.69, 9.17) is 28.5 Å². The highest BCUT2D eigenvalue weighted by Gasteiger charge is 2.37. The fourth-order valence-corrected chi connectivity index (χ4v) is 6.42. The van der Waals surface area contributed by atoms with Crippen LogP contribution in [0.4, 0.5) is 13.2 Å². The van der Waals surface area contributed by atoms with Gasteiger partial charge in [-0.2, -0.15) is 18.4 Å². The molecule has 1 unspecified atom stereocenters. The van der Waals surface area contributed by atoms with Gasteiger partial charge >= 0.3 is 11.9 Å². The first-order chi connectivity index (χ1) is 18.8. The molecule has 0 bridgehead atoms. The summed E-state index contributed by atoms with van der Waals surface area (Å²) in [5.41, 5.74) is -3.67. The Kier molecular flexibility index (Phi) is 8.68. The van der Waals surface area contributed by atoms with E-state index in [0.29, 0.717) is 30.1 Å². The smallest absolute Gasteiger partial charge is 0.305 e. The fourth-order valence-electron chi connectivity index (χ4n) is 4.80. The second-order valence-electron chi connectivity index (χ2n) is 9.37. The molecule has 0 aliphatic carbocycles. The lowest BCUT2D eigenvalue weighted by Crippen LogP contribution is -2.36. The number of nitriles is 1. The first kappa shape index (κ1) is 30.1. The monoisotopic (exact) mass is 617 g/mol. The standard InChI is InChI=1S/C25H24Cl2F3N5O4S/c1-2-40(38,39)20-4-3-15(26)9-14(20)11-35-23(36)17-10-19(25(28,29)30)18(21(27)22(17)33-24(35)37)13-34-8-5-16(12-34)32-7-6-31/h3-4,9-10,16,32H,2,5,7-8,11-13H2,1H3,(H,33,37). The highest BCUT2D eigenvalue weighted by atomic mass is 35.5. The van der Waals surface area contributed by atoms with Gasteiger partial charge in [0.15, 0.2) is 9.84 Å². The van der Waals surface area contributed by atoms with Crippen LogP contribution in [0, 0.1) is 11.3 Å². The summed E-state index contributed by atoms with van der Waals surface area (Å²) in [5.74, 6) is -0.260. The van der Waals surface area contributed by atoms with Crippen LogP contribution in [0.1, 0.15) is 30.0 Å². The highest BCUT2D eigenvalue weighted by Crippen LogP contribution is 2.39. The van der Waals surface area contributed by atoms with Crippen LogP contribution in [-0.4, -0.2) is 54.3 Å². The number of benzene rings is 2. The molecule has 40 heavy (non-hydrogen) atoms. The van der Waals surface area contributed by atoms with Crippen LogP contribution in [0.5, 0.6) is 0 Å². The summed E-state index contributed by atoms with van der Waals surface area (Å²) in [6, 6.07) is 6.43. The van der Waals surface area contributed by atoms with Crippen LogP contribution < -0.4 is 16.6 Å². The van der Waals surface area contributed by atoms with Crippen LogP contribution >= 0.6 is 23.2 Å². The Morgan fingerprint density at radius 1 is 1.20 bits per heavy atom. The average Bonchev–Trinajstić information content (AvgIpc) is 3.33. The Labute approximate surface area is 237 Å². The molecule has 4 rings (SSSR count). The number of H-pyrrole nitrogens is 1. The Morgan fingerprint density at radius 2 is 1.93 bits per heavy atom. The van der Waals surface area contributed by atoms with E-state index in [1.165, 1.54) is 25.1 Å². The van der Waals surface area contributed by atoms with E-state index < -0.39 is 49.8 Å². The molecule has 1 aromatic heterocycles. The largest absolute Gasteiger partial charge is 0.416 e. The van der Waals surface area contributed by atoms with E-state index in [2.05, 4.69) is 10.3 Å². The predicted octanol–water partition coefficient (Wildman–Crippen LogP) is 3.54. The van der Waals surface area contributed by atoms with Gasteiger partial charge in [0, 0.05) is 30.7 Å². The van der Waals surface area contributed by atoms with Crippen LogP contribution in [0.3, 0.4) is 0 Å². The van der Waals surface area contributed by atoms with Crippen molar-refractivity contribution in [2.45, 2.75) is 43.5 Å². The molecule has 0 saturated carbocycles. The first-order valence-electron chi connectivity index (χ1n) is 12.2. The summed E-state index contributed by atoms with van der Waals surface area (Å²) in [6.45, 7) is 1.62. The lowest BCUT2D eigenvalue weighted by atomic mass is 10.0. The molecule has 3 aromatic rings.